The second kappa shape index (κ2) is 12.4. The number of halogens is 1. The van der Waals surface area contributed by atoms with E-state index in [1.165, 1.54) is 17.4 Å². The molecule has 6 nitrogen and oxygen atoms in total. The van der Waals surface area contributed by atoms with Crippen molar-refractivity contribution in [3.05, 3.63) is 163 Å². The summed E-state index contributed by atoms with van der Waals surface area (Å²) in [6.45, 7) is 2.05. The van der Waals surface area contributed by atoms with Gasteiger partial charge in [0.2, 0.25) is 0 Å². The van der Waals surface area contributed by atoms with Crippen LogP contribution in [0.3, 0.4) is 0 Å². The second-order valence-electron chi connectivity index (χ2n) is 9.79. The van der Waals surface area contributed by atoms with E-state index in [9.17, 15) is 14.0 Å². The highest BCUT2D eigenvalue weighted by molar-refractivity contribution is 7.07. The number of carbonyl (C=O) groups is 1. The quantitative estimate of drug-likeness (QED) is 0.219. The zero-order valence-corrected chi connectivity index (χ0v) is 24.1. The Morgan fingerprint density at radius 2 is 1.60 bits per heavy atom. The van der Waals surface area contributed by atoms with E-state index in [1.807, 2.05) is 72.8 Å². The van der Waals surface area contributed by atoms with E-state index in [2.05, 4.69) is 0 Å². The third-order valence-electron chi connectivity index (χ3n) is 7.02. The highest BCUT2D eigenvalue weighted by Gasteiger charge is 2.35. The lowest BCUT2D eigenvalue weighted by Crippen LogP contribution is -2.39. The first-order valence-electron chi connectivity index (χ1n) is 13.8. The molecule has 1 atom stereocenters. The molecule has 0 bridgehead atoms. The number of thiazole rings is 1. The number of aromatic nitrogens is 1. The number of hydrogen-bond acceptors (Lipinski definition) is 6. The molecule has 8 heteroatoms. The first kappa shape index (κ1) is 28.1. The summed E-state index contributed by atoms with van der Waals surface area (Å²) in [4.78, 5) is 32.8. The van der Waals surface area contributed by atoms with E-state index in [4.69, 9.17) is 14.5 Å². The van der Waals surface area contributed by atoms with Crippen LogP contribution in [-0.2, 0) is 16.1 Å². The third-order valence-corrected chi connectivity index (χ3v) is 8.00. The van der Waals surface area contributed by atoms with E-state index in [1.54, 1.807) is 47.9 Å². The number of nitrogens with zero attached hydrogens (tertiary/aromatic N) is 2. The van der Waals surface area contributed by atoms with Gasteiger partial charge in [-0.3, -0.25) is 9.36 Å². The predicted molar refractivity (Wildman–Crippen MR) is 165 cm³/mol. The minimum absolute atomic E-state index is 0.108. The van der Waals surface area contributed by atoms with Crippen molar-refractivity contribution < 1.29 is 18.7 Å². The maximum atomic E-state index is 14.0. The van der Waals surface area contributed by atoms with Gasteiger partial charge >= 0.3 is 5.97 Å². The minimum Gasteiger partial charge on any atom is -0.489 e. The number of fused-ring (bicyclic) bond motifs is 1. The summed E-state index contributed by atoms with van der Waals surface area (Å²) < 4.78 is 27.3. The van der Waals surface area contributed by atoms with Crippen molar-refractivity contribution in [3.63, 3.8) is 0 Å². The van der Waals surface area contributed by atoms with Crippen molar-refractivity contribution in [1.29, 1.82) is 0 Å². The van der Waals surface area contributed by atoms with Crippen LogP contribution in [0.15, 0.2) is 125 Å². The Labute approximate surface area is 251 Å². The van der Waals surface area contributed by atoms with Crippen molar-refractivity contribution in [3.8, 4) is 5.75 Å². The van der Waals surface area contributed by atoms with Gasteiger partial charge in [0.05, 0.1) is 28.5 Å². The van der Waals surface area contributed by atoms with E-state index in [0.29, 0.717) is 31.9 Å². The molecular weight excluding hydrogens is 563 g/mol. The number of rotatable bonds is 8. The fraction of sp³-hybridized carbons (Fsp3) is 0.114. The van der Waals surface area contributed by atoms with Gasteiger partial charge in [0, 0.05) is 11.1 Å². The summed E-state index contributed by atoms with van der Waals surface area (Å²) in [6, 6.07) is 31.9. The molecule has 0 N–H and O–H groups in total. The average molecular weight is 591 g/mol. The molecule has 0 spiro atoms. The van der Waals surface area contributed by atoms with Crippen LogP contribution in [0.5, 0.6) is 5.75 Å². The van der Waals surface area contributed by atoms with E-state index < -0.39 is 12.0 Å². The molecule has 1 aromatic heterocycles. The molecule has 4 aromatic carbocycles. The van der Waals surface area contributed by atoms with Crippen molar-refractivity contribution >= 4 is 29.1 Å². The van der Waals surface area contributed by atoms with Crippen LogP contribution in [0.25, 0.3) is 11.8 Å². The van der Waals surface area contributed by atoms with Gasteiger partial charge < -0.3 is 9.47 Å². The SMILES string of the molecule is CCOC(=O)C1=C(c2ccccc2)N=c2s/c(=C\c3ccc(OCc4ccccc4F)cc3)c(=O)n2[C@H]1c1ccccc1. The van der Waals surface area contributed by atoms with Crippen molar-refractivity contribution in [2.75, 3.05) is 6.61 Å². The second-order valence-corrected chi connectivity index (χ2v) is 10.8. The molecule has 0 unspecified atom stereocenters. The summed E-state index contributed by atoms with van der Waals surface area (Å²) in [6.07, 6.45) is 1.79. The number of ether oxygens (including phenoxy) is 2. The monoisotopic (exact) mass is 590 g/mol. The van der Waals surface area contributed by atoms with Gasteiger partial charge in [-0.15, -0.1) is 0 Å². The van der Waals surface area contributed by atoms with Crippen LogP contribution in [0.2, 0.25) is 0 Å². The molecule has 0 saturated heterocycles. The first-order valence-corrected chi connectivity index (χ1v) is 14.6. The summed E-state index contributed by atoms with van der Waals surface area (Å²) in [5.41, 5.74) is 3.33. The van der Waals surface area contributed by atoms with Gasteiger partial charge in [0.1, 0.15) is 18.2 Å². The molecule has 0 amide bonds. The average Bonchev–Trinajstić information content (AvgIpc) is 3.35. The lowest BCUT2D eigenvalue weighted by atomic mass is 9.93. The van der Waals surface area contributed by atoms with Crippen LogP contribution in [0.4, 0.5) is 4.39 Å². The molecule has 0 aliphatic carbocycles. The lowest BCUT2D eigenvalue weighted by molar-refractivity contribution is -0.138. The van der Waals surface area contributed by atoms with Gasteiger partial charge in [0.15, 0.2) is 4.80 Å². The van der Waals surface area contributed by atoms with Gasteiger partial charge in [0.25, 0.3) is 5.56 Å². The normalized spacial score (nSPS) is 14.7. The van der Waals surface area contributed by atoms with E-state index >= 15 is 0 Å². The zero-order chi connectivity index (χ0) is 29.8. The first-order chi connectivity index (χ1) is 21.0. The number of esters is 1. The molecule has 2 heterocycles. The Morgan fingerprint density at radius 1 is 0.930 bits per heavy atom. The summed E-state index contributed by atoms with van der Waals surface area (Å²) >= 11 is 1.26. The molecule has 0 saturated carbocycles. The Kier molecular flexibility index (Phi) is 8.11. The molecule has 1 aliphatic heterocycles. The number of hydrogen-bond donors (Lipinski definition) is 0. The maximum Gasteiger partial charge on any atom is 0.338 e. The largest absolute Gasteiger partial charge is 0.489 e. The van der Waals surface area contributed by atoms with Crippen LogP contribution < -0.4 is 19.6 Å². The lowest BCUT2D eigenvalue weighted by Gasteiger charge is -2.25. The smallest absolute Gasteiger partial charge is 0.338 e. The van der Waals surface area contributed by atoms with Gasteiger partial charge in [-0.2, -0.15) is 0 Å². The number of carbonyl (C=O) groups excluding carboxylic acids is 1. The maximum absolute atomic E-state index is 14.0. The summed E-state index contributed by atoms with van der Waals surface area (Å²) in [5.74, 6) is -0.249. The molecule has 0 radical (unpaired) electrons. The van der Waals surface area contributed by atoms with Crippen molar-refractivity contribution in [2.24, 2.45) is 4.99 Å². The Bertz CT molecular complexity index is 1980. The van der Waals surface area contributed by atoms with Crippen LogP contribution >= 0.6 is 11.3 Å². The van der Waals surface area contributed by atoms with Crippen molar-refractivity contribution in [2.45, 2.75) is 19.6 Å². The molecule has 6 rings (SSSR count). The molecular formula is C35H27FN2O4S. The summed E-state index contributed by atoms with van der Waals surface area (Å²) in [5, 5.41) is 0. The van der Waals surface area contributed by atoms with E-state index in [0.717, 1.165) is 16.7 Å². The minimum atomic E-state index is -0.719. The fourth-order valence-corrected chi connectivity index (χ4v) is 5.98. The Balaban J connectivity index is 1.42. The summed E-state index contributed by atoms with van der Waals surface area (Å²) in [7, 11) is 0. The Hall–Kier alpha value is -5.08. The zero-order valence-electron chi connectivity index (χ0n) is 23.3. The van der Waals surface area contributed by atoms with Crippen molar-refractivity contribution in [1.82, 2.24) is 4.57 Å². The number of benzene rings is 4. The standard InChI is InChI=1S/C35H27FN2O4S/c1-2-41-34(40)30-31(24-11-5-3-6-12-24)37-35-38(32(30)25-13-7-4-8-14-25)33(39)29(43-35)21-23-17-19-27(20-18-23)42-22-26-15-9-10-16-28(26)36/h3-21,32H,2,22H2,1H3/b29-21-/t32-/m0/s1. The van der Waals surface area contributed by atoms with Crippen LogP contribution in [0.1, 0.15) is 35.2 Å². The van der Waals surface area contributed by atoms with Gasteiger partial charge in [-0.1, -0.05) is 102 Å². The molecule has 214 valence electrons. The highest BCUT2D eigenvalue weighted by Crippen LogP contribution is 2.35. The molecule has 1 aliphatic rings. The van der Waals surface area contributed by atoms with Crippen LogP contribution in [0, 0.1) is 5.82 Å². The van der Waals surface area contributed by atoms with E-state index in [-0.39, 0.29) is 24.6 Å². The third kappa shape index (κ3) is 5.82. The Morgan fingerprint density at radius 3 is 2.30 bits per heavy atom. The molecule has 43 heavy (non-hydrogen) atoms. The highest BCUT2D eigenvalue weighted by atomic mass is 32.1. The fourth-order valence-electron chi connectivity index (χ4n) is 4.98. The van der Waals surface area contributed by atoms with Gasteiger partial charge in [-0.25, -0.2) is 14.2 Å². The topological polar surface area (TPSA) is 69.9 Å². The molecule has 5 aromatic rings. The molecule has 0 fully saturated rings. The van der Waals surface area contributed by atoms with Gasteiger partial charge in [-0.05, 0) is 42.3 Å². The van der Waals surface area contributed by atoms with Crippen LogP contribution in [-0.4, -0.2) is 17.1 Å². The predicted octanol–water partition coefficient (Wildman–Crippen LogP) is 5.65.